The Morgan fingerprint density at radius 3 is 2.67 bits per heavy atom. The molecule has 1 aromatic rings. The standard InChI is InChI=1S/C13H12F2O3/c14-13(15)11-4-3-9(5-6-12(17)18)10(8-11)2-1-7-16/h3-8,13H,1-2H2,(H,17,18)/b6-5+. The number of benzene rings is 1. The van der Waals surface area contributed by atoms with Crippen molar-refractivity contribution in [3.63, 3.8) is 0 Å². The Labute approximate surface area is 103 Å². The average Bonchev–Trinajstić information content (AvgIpc) is 2.33. The third-order valence-electron chi connectivity index (χ3n) is 2.36. The van der Waals surface area contributed by atoms with Gasteiger partial charge < -0.3 is 9.90 Å². The number of aliphatic carboxylic acids is 1. The van der Waals surface area contributed by atoms with Crippen LogP contribution in [0.25, 0.3) is 6.08 Å². The molecule has 18 heavy (non-hydrogen) atoms. The molecular weight excluding hydrogens is 242 g/mol. The van der Waals surface area contributed by atoms with E-state index in [0.29, 0.717) is 23.8 Å². The Bertz CT molecular complexity index is 467. The zero-order valence-electron chi connectivity index (χ0n) is 9.48. The summed E-state index contributed by atoms with van der Waals surface area (Å²) in [5.74, 6) is -1.12. The van der Waals surface area contributed by atoms with Gasteiger partial charge in [0.1, 0.15) is 6.29 Å². The smallest absolute Gasteiger partial charge is 0.328 e. The number of hydrogen-bond acceptors (Lipinski definition) is 2. The fourth-order valence-corrected chi connectivity index (χ4v) is 1.52. The molecule has 1 rings (SSSR count). The van der Waals surface area contributed by atoms with E-state index in [4.69, 9.17) is 5.11 Å². The zero-order chi connectivity index (χ0) is 13.5. The first-order valence-corrected chi connectivity index (χ1v) is 5.30. The van der Waals surface area contributed by atoms with Gasteiger partial charge in [0.2, 0.25) is 0 Å². The fourth-order valence-electron chi connectivity index (χ4n) is 1.52. The number of hydrogen-bond donors (Lipinski definition) is 1. The predicted octanol–water partition coefficient (Wildman–Crippen LogP) is 2.85. The van der Waals surface area contributed by atoms with Gasteiger partial charge in [-0.2, -0.15) is 0 Å². The molecule has 0 atom stereocenters. The quantitative estimate of drug-likeness (QED) is 0.627. The molecule has 0 saturated carbocycles. The lowest BCUT2D eigenvalue weighted by Gasteiger charge is -2.07. The number of aldehydes is 1. The van der Waals surface area contributed by atoms with Crippen molar-refractivity contribution < 1.29 is 23.5 Å². The second-order valence-electron chi connectivity index (χ2n) is 3.64. The van der Waals surface area contributed by atoms with Crippen LogP contribution < -0.4 is 0 Å². The largest absolute Gasteiger partial charge is 0.478 e. The SMILES string of the molecule is O=CCCc1cc(C(F)F)ccc1/C=C/C(=O)O. The van der Waals surface area contributed by atoms with Crippen LogP contribution in [-0.2, 0) is 16.0 Å². The van der Waals surface area contributed by atoms with Gasteiger partial charge in [0, 0.05) is 18.1 Å². The first-order valence-electron chi connectivity index (χ1n) is 5.30. The predicted molar refractivity (Wildman–Crippen MR) is 62.5 cm³/mol. The summed E-state index contributed by atoms with van der Waals surface area (Å²) in [6.45, 7) is 0. The summed E-state index contributed by atoms with van der Waals surface area (Å²) in [4.78, 5) is 20.7. The molecule has 0 bridgehead atoms. The molecule has 3 nitrogen and oxygen atoms in total. The van der Waals surface area contributed by atoms with Gasteiger partial charge in [-0.25, -0.2) is 13.6 Å². The van der Waals surface area contributed by atoms with E-state index in [2.05, 4.69) is 0 Å². The third-order valence-corrected chi connectivity index (χ3v) is 2.36. The molecule has 1 aromatic carbocycles. The number of rotatable bonds is 6. The van der Waals surface area contributed by atoms with E-state index in [1.807, 2.05) is 0 Å². The molecule has 0 heterocycles. The number of halogens is 2. The lowest BCUT2D eigenvalue weighted by atomic mass is 10.00. The van der Waals surface area contributed by atoms with Gasteiger partial charge in [-0.1, -0.05) is 12.1 Å². The summed E-state index contributed by atoms with van der Waals surface area (Å²) in [6, 6.07) is 3.98. The van der Waals surface area contributed by atoms with Crippen LogP contribution >= 0.6 is 0 Å². The Morgan fingerprint density at radius 1 is 1.39 bits per heavy atom. The van der Waals surface area contributed by atoms with Crippen LogP contribution in [-0.4, -0.2) is 17.4 Å². The van der Waals surface area contributed by atoms with Crippen molar-refractivity contribution in [2.75, 3.05) is 0 Å². The minimum Gasteiger partial charge on any atom is -0.478 e. The molecule has 1 N–H and O–H groups in total. The van der Waals surface area contributed by atoms with Crippen molar-refractivity contribution in [1.82, 2.24) is 0 Å². The average molecular weight is 254 g/mol. The lowest BCUT2D eigenvalue weighted by molar-refractivity contribution is -0.131. The highest BCUT2D eigenvalue weighted by Crippen LogP contribution is 2.23. The van der Waals surface area contributed by atoms with E-state index in [0.717, 1.165) is 6.08 Å². The number of carbonyl (C=O) groups is 2. The number of carboxylic acid groups (broad SMARTS) is 1. The molecule has 5 heteroatoms. The molecule has 0 aliphatic heterocycles. The lowest BCUT2D eigenvalue weighted by Crippen LogP contribution is -1.95. The van der Waals surface area contributed by atoms with Crippen molar-refractivity contribution in [3.8, 4) is 0 Å². The topological polar surface area (TPSA) is 54.4 Å². The van der Waals surface area contributed by atoms with E-state index < -0.39 is 12.4 Å². The maximum Gasteiger partial charge on any atom is 0.328 e. The number of carbonyl (C=O) groups excluding carboxylic acids is 1. The number of carboxylic acids is 1. The van der Waals surface area contributed by atoms with Crippen LogP contribution in [0.4, 0.5) is 8.78 Å². The first kappa shape index (κ1) is 14.0. The van der Waals surface area contributed by atoms with Crippen LogP contribution in [0.1, 0.15) is 29.5 Å². The highest BCUT2D eigenvalue weighted by Gasteiger charge is 2.09. The zero-order valence-corrected chi connectivity index (χ0v) is 9.48. The van der Waals surface area contributed by atoms with E-state index >= 15 is 0 Å². The Kier molecular flexibility index (Phi) is 5.17. The maximum atomic E-state index is 12.5. The monoisotopic (exact) mass is 254 g/mol. The highest BCUT2D eigenvalue weighted by molar-refractivity contribution is 5.85. The van der Waals surface area contributed by atoms with E-state index in [-0.39, 0.29) is 12.0 Å². The Hall–Kier alpha value is -2.04. The molecule has 0 spiro atoms. The number of alkyl halides is 2. The summed E-state index contributed by atoms with van der Waals surface area (Å²) in [7, 11) is 0. The number of aryl methyl sites for hydroxylation is 1. The molecular formula is C13H12F2O3. The van der Waals surface area contributed by atoms with Gasteiger partial charge in [0.05, 0.1) is 0 Å². The van der Waals surface area contributed by atoms with Gasteiger partial charge in [-0.15, -0.1) is 0 Å². The second kappa shape index (κ2) is 6.64. The molecule has 96 valence electrons. The molecule has 0 aromatic heterocycles. The van der Waals surface area contributed by atoms with Gasteiger partial charge >= 0.3 is 5.97 Å². The van der Waals surface area contributed by atoms with Gasteiger partial charge in [0.25, 0.3) is 6.43 Å². The van der Waals surface area contributed by atoms with Crippen molar-refractivity contribution >= 4 is 18.3 Å². The van der Waals surface area contributed by atoms with Crippen molar-refractivity contribution in [2.45, 2.75) is 19.3 Å². The van der Waals surface area contributed by atoms with Crippen molar-refractivity contribution in [1.29, 1.82) is 0 Å². The van der Waals surface area contributed by atoms with Crippen molar-refractivity contribution in [3.05, 3.63) is 41.0 Å². The molecule has 0 aliphatic rings. The van der Waals surface area contributed by atoms with Crippen LogP contribution in [0, 0.1) is 0 Å². The summed E-state index contributed by atoms with van der Waals surface area (Å²) in [6.07, 6.45) is 0.890. The van der Waals surface area contributed by atoms with E-state index in [1.165, 1.54) is 24.3 Å². The van der Waals surface area contributed by atoms with Crippen LogP contribution in [0.5, 0.6) is 0 Å². The second-order valence-corrected chi connectivity index (χ2v) is 3.64. The first-order chi connectivity index (χ1) is 8.54. The highest BCUT2D eigenvalue weighted by atomic mass is 19.3. The van der Waals surface area contributed by atoms with Crippen LogP contribution in [0.2, 0.25) is 0 Å². The molecule has 0 saturated heterocycles. The van der Waals surface area contributed by atoms with Crippen LogP contribution in [0.15, 0.2) is 24.3 Å². The molecule has 0 aliphatic carbocycles. The summed E-state index contributed by atoms with van der Waals surface area (Å²) >= 11 is 0. The Morgan fingerprint density at radius 2 is 2.11 bits per heavy atom. The van der Waals surface area contributed by atoms with Crippen LogP contribution in [0.3, 0.4) is 0 Å². The third kappa shape index (κ3) is 4.08. The molecule has 0 amide bonds. The summed E-state index contributed by atoms with van der Waals surface area (Å²) in [5.41, 5.74) is 0.935. The molecule has 0 unspecified atom stereocenters. The van der Waals surface area contributed by atoms with Gasteiger partial charge in [-0.3, -0.25) is 0 Å². The van der Waals surface area contributed by atoms with Gasteiger partial charge in [-0.05, 0) is 29.7 Å². The fraction of sp³-hybridized carbons (Fsp3) is 0.231. The van der Waals surface area contributed by atoms with E-state index in [1.54, 1.807) is 0 Å². The van der Waals surface area contributed by atoms with Crippen molar-refractivity contribution in [2.24, 2.45) is 0 Å². The Balaban J connectivity index is 3.07. The normalized spacial score (nSPS) is 11.1. The summed E-state index contributed by atoms with van der Waals surface area (Å²) < 4.78 is 25.1. The van der Waals surface area contributed by atoms with Gasteiger partial charge in [0.15, 0.2) is 0 Å². The minimum atomic E-state index is -2.59. The van der Waals surface area contributed by atoms with E-state index in [9.17, 15) is 18.4 Å². The molecule has 0 radical (unpaired) electrons. The molecule has 0 fully saturated rings. The maximum absolute atomic E-state index is 12.5. The summed E-state index contributed by atoms with van der Waals surface area (Å²) in [5, 5.41) is 8.52. The minimum absolute atomic E-state index is 0.136.